The first-order valence-corrected chi connectivity index (χ1v) is 30.6. The van der Waals surface area contributed by atoms with Crippen LogP contribution in [0.1, 0.15) is 56.2 Å². The highest BCUT2D eigenvalue weighted by Gasteiger charge is 2.44. The molecule has 5 aromatic heterocycles. The Labute approximate surface area is 446 Å². The van der Waals surface area contributed by atoms with E-state index in [1.165, 1.54) is 48.5 Å². The Hall–Kier alpha value is -4.49. The number of nitrogens with zero attached hydrogens (tertiary/aromatic N) is 8. The van der Waals surface area contributed by atoms with Crippen LogP contribution in [0.5, 0.6) is 0 Å². The molecule has 0 aromatic carbocycles. The molecule has 15 atom stereocenters. The molecule has 4 aliphatic rings. The fourth-order valence-electron chi connectivity index (χ4n) is 8.77. The van der Waals surface area contributed by atoms with E-state index in [4.69, 9.17) is 99.2 Å². The number of nitrogens with two attached hydrogens (primary N) is 3. The second-order valence-electron chi connectivity index (χ2n) is 17.7. The van der Waals surface area contributed by atoms with Crippen LogP contribution in [-0.2, 0) is 86.5 Å². The number of aromatic nitrogens is 10. The fraction of sp³-hybridized carbons (Fsp3) is 0.553. The molecule has 33 nitrogen and oxygen atoms in total. The van der Waals surface area contributed by atoms with E-state index in [0.717, 1.165) is 13.7 Å². The quantitative estimate of drug-likeness (QED) is 0.0298. The van der Waals surface area contributed by atoms with Crippen molar-refractivity contribution in [3.05, 3.63) is 94.8 Å². The van der Waals surface area contributed by atoms with Crippen molar-refractivity contribution in [3.63, 3.8) is 0 Å². The van der Waals surface area contributed by atoms with Crippen LogP contribution >= 0.6 is 20.2 Å². The molecule has 5 aromatic rings. The maximum absolute atomic E-state index is 14.2. The van der Waals surface area contributed by atoms with Gasteiger partial charge in [0.2, 0.25) is 5.95 Å². The monoisotopic (exact) mass is 1190 g/mol. The highest BCUT2D eigenvalue weighted by molar-refractivity contribution is 8.32. The highest BCUT2D eigenvalue weighted by atomic mass is 32.7. The number of imidazole rings is 1. The molecule has 0 saturated carbocycles. The molecule has 0 spiro atoms. The first-order chi connectivity index (χ1) is 36.3. The molecule has 0 amide bonds. The normalized spacial score (nSPS) is 29.9. The number of ether oxygens (including phenoxy) is 4. The molecule has 420 valence electrons. The van der Waals surface area contributed by atoms with Gasteiger partial charge in [-0.3, -0.25) is 42.4 Å². The van der Waals surface area contributed by atoms with Crippen molar-refractivity contribution in [1.29, 1.82) is 0 Å². The van der Waals surface area contributed by atoms with Gasteiger partial charge in [-0.05, 0) is 19.1 Å². The third-order valence-corrected chi connectivity index (χ3v) is 17.2. The maximum Gasteiger partial charge on any atom is 0.351 e. The minimum absolute atomic E-state index is 0.0317. The predicted octanol–water partition coefficient (Wildman–Crippen LogP) is -3.23. The van der Waals surface area contributed by atoms with Crippen LogP contribution in [-0.4, -0.2) is 134 Å². The highest BCUT2D eigenvalue weighted by Crippen LogP contribution is 2.53. The van der Waals surface area contributed by atoms with Crippen molar-refractivity contribution in [3.8, 4) is 0 Å². The summed E-state index contributed by atoms with van der Waals surface area (Å²) in [4.78, 5) is 110. The molecule has 9 heterocycles. The van der Waals surface area contributed by atoms with Gasteiger partial charge in [-0.25, -0.2) is 19.4 Å². The van der Waals surface area contributed by atoms with Gasteiger partial charge in [-0.1, -0.05) is 23.6 Å². The largest absolute Gasteiger partial charge is 0.780 e. The van der Waals surface area contributed by atoms with Crippen LogP contribution in [0.15, 0.2) is 61.0 Å². The van der Waals surface area contributed by atoms with E-state index in [2.05, 4.69) is 29.9 Å². The Kier molecular flexibility index (Phi) is 17.0. The van der Waals surface area contributed by atoms with Crippen LogP contribution < -0.4 is 55.2 Å². The molecule has 0 aliphatic carbocycles. The molecule has 77 heavy (non-hydrogen) atoms. The summed E-state index contributed by atoms with van der Waals surface area (Å²) in [5.41, 5.74) is 13.4. The molecule has 10 N–H and O–H groups in total. The number of nitrogens with one attached hydrogen (secondary N) is 2. The Balaban J connectivity index is 0.893. The van der Waals surface area contributed by atoms with Crippen LogP contribution in [0.25, 0.3) is 11.2 Å². The summed E-state index contributed by atoms with van der Waals surface area (Å²) >= 11 is 15.8. The number of aryl methyl sites for hydroxylation is 1. The molecular formula is C38H47N13O20P3S3-3. The third-order valence-electron chi connectivity index (χ3n) is 12.5. The third kappa shape index (κ3) is 13.2. The zero-order valence-corrected chi connectivity index (χ0v) is 44.8. The number of H-pyrrole nitrogens is 2. The molecule has 0 radical (unpaired) electrons. The Morgan fingerprint density at radius 2 is 1.21 bits per heavy atom. The minimum atomic E-state index is -4.73. The summed E-state index contributed by atoms with van der Waals surface area (Å²) in [6.45, 7) is -15.1. The summed E-state index contributed by atoms with van der Waals surface area (Å²) < 4.78 is 76.7. The van der Waals surface area contributed by atoms with Gasteiger partial charge in [0.05, 0.1) is 57.2 Å². The number of hydrogen-bond acceptors (Lipinski definition) is 30. The number of anilines is 3. The lowest BCUT2D eigenvalue weighted by Crippen LogP contribution is -2.33. The van der Waals surface area contributed by atoms with Crippen molar-refractivity contribution in [2.24, 2.45) is 0 Å². The molecule has 39 heteroatoms. The average molecular weight is 1190 g/mol. The van der Waals surface area contributed by atoms with Gasteiger partial charge in [-0.2, -0.15) is 15.0 Å². The van der Waals surface area contributed by atoms with Gasteiger partial charge in [0.15, 0.2) is 18.0 Å². The van der Waals surface area contributed by atoms with Gasteiger partial charge < -0.3 is 95.5 Å². The molecule has 9 rings (SSSR count). The number of aliphatic hydroxyl groups excluding tert-OH is 2. The Bertz CT molecular complexity index is 3480. The SMILES string of the molecule is Cc1cn([C@H]2C[C@@H](OP([O-])(=S)OC[C@H]3O[C@@H](n4cnc5c(=O)[nH]c(N)nc54)C[C@H]3OP(=O)([S-])OC[C@H]3O[C@@H](n4ccc(N)nc4=O)C[C@H]3OP([O-])(=S)OC[C@H]3O[C@@H](n4ccc(N)nc4=O)C[C@H]3O)[C@@H](CO)O2)c(=O)[nH]c1=O. The fourth-order valence-corrected chi connectivity index (χ4v) is 13.1. The maximum atomic E-state index is 14.2. The van der Waals surface area contributed by atoms with Crippen molar-refractivity contribution < 1.29 is 70.7 Å². The predicted molar refractivity (Wildman–Crippen MR) is 268 cm³/mol. The number of fused-ring (bicyclic) bond motifs is 1. The van der Waals surface area contributed by atoms with Crippen LogP contribution in [0.4, 0.5) is 17.6 Å². The number of hydrogen-bond donors (Lipinski definition) is 7. The number of rotatable bonds is 20. The summed E-state index contributed by atoms with van der Waals surface area (Å²) in [7, 11) is 0. The van der Waals surface area contributed by atoms with E-state index >= 15 is 0 Å². The second kappa shape index (κ2) is 22.9. The van der Waals surface area contributed by atoms with Crippen LogP contribution in [0.3, 0.4) is 0 Å². The van der Waals surface area contributed by atoms with Crippen molar-refractivity contribution in [1.82, 2.24) is 48.2 Å². The summed E-state index contributed by atoms with van der Waals surface area (Å²) in [6.07, 6.45) is -10.3. The standard InChI is InChI=1S/C38H50N13O20P3S3/c1-16-10-50(38(58)47-33(16)54)29-7-18(21(11-52)65-29)69-73(60,76)63-14-24-20(9-30(68-24)51-15-42-31-32(51)45-35(41)46-34(31)55)71-74(61,77)64-13-23-19(8-28(67-23)49-5-3-26(40)44-37(49)57)70-72(59,75)62-12-22-17(53)6-27(66-22)48-4-2-25(39)43-36(48)56/h2-5,10,15,17-24,27-30,52-53H,6-9,11-14H2,1H3,(H,59,75)(H,60,76)(H,61,77)(H2,39,43,56)(H2,40,44,57)(H,47,54,58)(H3,41,45,46,55)/p-3/t17-,18-,19-,20-,21-,22-,23-,24-,27-,28-,29-,30-,72?,73?,74?/m1/s1. The number of nitrogen functional groups attached to an aromatic ring is 3. The van der Waals surface area contributed by atoms with Crippen LogP contribution in [0, 0.1) is 6.92 Å². The molecule has 4 saturated heterocycles. The first kappa shape index (κ1) is 57.2. The zero-order valence-electron chi connectivity index (χ0n) is 39.7. The lowest BCUT2D eigenvalue weighted by Gasteiger charge is -2.35. The van der Waals surface area contributed by atoms with E-state index in [1.54, 1.807) is 0 Å². The molecule has 0 bridgehead atoms. The van der Waals surface area contributed by atoms with Crippen LogP contribution in [0.2, 0.25) is 0 Å². The summed E-state index contributed by atoms with van der Waals surface area (Å²) in [6, 6.07) is 2.66. The molecule has 4 fully saturated rings. The lowest BCUT2D eigenvalue weighted by molar-refractivity contribution is -0.216. The van der Waals surface area contributed by atoms with Gasteiger partial charge in [0.1, 0.15) is 74.4 Å². The Morgan fingerprint density at radius 3 is 1.79 bits per heavy atom. The topological polar surface area (TPSA) is 462 Å². The van der Waals surface area contributed by atoms with E-state index in [0.29, 0.717) is 0 Å². The molecular weight excluding hydrogens is 1150 g/mol. The van der Waals surface area contributed by atoms with Gasteiger partial charge in [0, 0.05) is 49.8 Å². The van der Waals surface area contributed by atoms with Gasteiger partial charge in [0.25, 0.3) is 11.1 Å². The van der Waals surface area contributed by atoms with Gasteiger partial charge in [-0.15, -0.1) is 0 Å². The number of aliphatic hydroxyl groups is 2. The lowest BCUT2D eigenvalue weighted by atomic mass is 10.2. The Morgan fingerprint density at radius 1 is 0.714 bits per heavy atom. The number of aromatic amines is 2. The smallest absolute Gasteiger partial charge is 0.351 e. The van der Waals surface area contributed by atoms with Crippen molar-refractivity contribution in [2.75, 3.05) is 43.6 Å². The van der Waals surface area contributed by atoms with E-state index in [9.17, 15) is 48.5 Å². The van der Waals surface area contributed by atoms with Crippen molar-refractivity contribution >= 4 is 84.8 Å². The van der Waals surface area contributed by atoms with Gasteiger partial charge >= 0.3 is 17.1 Å². The first-order valence-electron chi connectivity index (χ1n) is 22.9. The zero-order chi connectivity index (χ0) is 55.3. The molecule has 3 unspecified atom stereocenters. The summed E-state index contributed by atoms with van der Waals surface area (Å²) in [5.74, 6) is -0.401. The molecule has 4 aliphatic heterocycles. The second-order valence-corrected chi connectivity index (χ2v) is 25.8. The average Bonchev–Trinajstić information content (AvgIpc) is 4.29. The van der Waals surface area contributed by atoms with E-state index < -0.39 is 149 Å². The van der Waals surface area contributed by atoms with E-state index in [-0.39, 0.29) is 60.0 Å². The van der Waals surface area contributed by atoms with E-state index in [1.807, 2.05) is 0 Å². The minimum Gasteiger partial charge on any atom is -0.780 e. The van der Waals surface area contributed by atoms with Crippen molar-refractivity contribution in [2.45, 2.75) is 106 Å². The summed E-state index contributed by atoms with van der Waals surface area (Å²) in [5, 5.41) is 20.8.